The predicted molar refractivity (Wildman–Crippen MR) is 202 cm³/mol. The van der Waals surface area contributed by atoms with Crippen molar-refractivity contribution in [3.05, 3.63) is 167 Å². The van der Waals surface area contributed by atoms with Gasteiger partial charge in [-0.05, 0) is 77.8 Å². The molecule has 0 radical (unpaired) electrons. The van der Waals surface area contributed by atoms with E-state index in [1.54, 1.807) is 0 Å². The van der Waals surface area contributed by atoms with Crippen LogP contribution in [0.3, 0.4) is 0 Å². The van der Waals surface area contributed by atoms with Crippen LogP contribution < -0.4 is 9.47 Å². The molecule has 5 aromatic rings. The molecule has 1 aliphatic rings. The molecule has 1 saturated heterocycles. The van der Waals surface area contributed by atoms with Gasteiger partial charge in [-0.25, -0.2) is 0 Å². The Morgan fingerprint density at radius 2 is 1.20 bits per heavy atom. The maximum absolute atomic E-state index is 14.4. The second-order valence-electron chi connectivity index (χ2n) is 13.4. The lowest BCUT2D eigenvalue weighted by atomic mass is 9.99. The Bertz CT molecular complexity index is 1730. The average molecular weight is 667 g/mol. The van der Waals surface area contributed by atoms with Crippen LogP contribution in [-0.2, 0) is 32.7 Å². The average Bonchev–Trinajstić information content (AvgIpc) is 3.17. The number of amides is 1. The zero-order chi connectivity index (χ0) is 34.4. The van der Waals surface area contributed by atoms with Gasteiger partial charge in [-0.1, -0.05) is 129 Å². The number of hydrogen-bond donors (Lipinski definition) is 0. The van der Waals surface area contributed by atoms with Crippen LogP contribution in [0.4, 0.5) is 0 Å². The van der Waals surface area contributed by atoms with Crippen LogP contribution in [0.5, 0.6) is 11.5 Å². The molecule has 0 aromatic heterocycles. The van der Waals surface area contributed by atoms with Gasteiger partial charge in [0.1, 0.15) is 13.2 Å². The van der Waals surface area contributed by atoms with Crippen LogP contribution in [0.25, 0.3) is 0 Å². The quantitative estimate of drug-likeness (QED) is 0.0984. The molecule has 0 spiro atoms. The molecule has 6 rings (SSSR count). The molecule has 258 valence electrons. The van der Waals surface area contributed by atoms with Gasteiger partial charge >= 0.3 is 0 Å². The van der Waals surface area contributed by atoms with E-state index in [9.17, 15) is 4.79 Å². The molecule has 0 bridgehead atoms. The number of piperidine rings is 1. The first-order valence-electron chi connectivity index (χ1n) is 18.3. The van der Waals surface area contributed by atoms with E-state index in [2.05, 4.69) is 95.6 Å². The molecule has 5 heteroatoms. The minimum Gasteiger partial charge on any atom is -0.485 e. The fourth-order valence-electron chi connectivity index (χ4n) is 6.71. The highest BCUT2D eigenvalue weighted by atomic mass is 16.5. The summed E-state index contributed by atoms with van der Waals surface area (Å²) in [4.78, 5) is 19.0. The summed E-state index contributed by atoms with van der Waals surface area (Å²) in [7, 11) is 0. The molecule has 1 amide bonds. The molecule has 5 aromatic carbocycles. The Balaban J connectivity index is 1.22. The predicted octanol–water partition coefficient (Wildman–Crippen LogP) is 9.88. The Kier molecular flexibility index (Phi) is 12.7. The van der Waals surface area contributed by atoms with Crippen molar-refractivity contribution in [3.63, 3.8) is 0 Å². The second-order valence-corrected chi connectivity index (χ2v) is 13.4. The van der Waals surface area contributed by atoms with Gasteiger partial charge in [0.2, 0.25) is 0 Å². The summed E-state index contributed by atoms with van der Waals surface area (Å²) in [5, 5.41) is 0. The number of carbonyl (C=O) groups is 1. The van der Waals surface area contributed by atoms with Gasteiger partial charge in [0.05, 0.1) is 0 Å². The van der Waals surface area contributed by atoms with Gasteiger partial charge in [0.25, 0.3) is 5.91 Å². The number of aryl methyl sites for hydroxylation is 1. The molecule has 0 aliphatic carbocycles. The van der Waals surface area contributed by atoms with Crippen molar-refractivity contribution in [2.45, 2.75) is 77.8 Å². The summed E-state index contributed by atoms with van der Waals surface area (Å²) in [5.74, 6) is 1.46. The third-order valence-electron chi connectivity index (χ3n) is 9.61. The monoisotopic (exact) mass is 666 g/mol. The first-order valence-corrected chi connectivity index (χ1v) is 18.3. The van der Waals surface area contributed by atoms with E-state index in [-0.39, 0.29) is 11.9 Å². The van der Waals surface area contributed by atoms with Crippen LogP contribution in [0.15, 0.2) is 133 Å². The van der Waals surface area contributed by atoms with Crippen molar-refractivity contribution >= 4 is 5.91 Å². The lowest BCUT2D eigenvalue weighted by molar-refractivity contribution is 0.0542. The van der Waals surface area contributed by atoms with Crippen LogP contribution in [0, 0.1) is 0 Å². The highest BCUT2D eigenvalue weighted by molar-refractivity contribution is 5.94. The van der Waals surface area contributed by atoms with E-state index >= 15 is 0 Å². The molecule has 0 atom stereocenters. The Morgan fingerprint density at radius 1 is 0.640 bits per heavy atom. The third-order valence-corrected chi connectivity index (χ3v) is 9.61. The van der Waals surface area contributed by atoms with Gasteiger partial charge in [-0.2, -0.15) is 0 Å². The Hall–Kier alpha value is -4.87. The van der Waals surface area contributed by atoms with Crippen LogP contribution in [-0.4, -0.2) is 34.8 Å². The summed E-state index contributed by atoms with van der Waals surface area (Å²) in [6.45, 7) is 6.46. The maximum Gasteiger partial charge on any atom is 0.254 e. The molecule has 1 heterocycles. The number of nitrogens with zero attached hydrogens (tertiary/aromatic N) is 2. The SMILES string of the molecule is CCCCCc1ccc(C(=O)N(Cc2ccc(OCc3ccccc3)c(OCc3ccccc3)c2)C2CCN(Cc3ccccc3)CC2)cc1. The van der Waals surface area contributed by atoms with Crippen LogP contribution in [0.1, 0.15) is 77.2 Å². The maximum atomic E-state index is 14.4. The summed E-state index contributed by atoms with van der Waals surface area (Å²) < 4.78 is 12.7. The van der Waals surface area contributed by atoms with Crippen molar-refractivity contribution in [3.8, 4) is 11.5 Å². The minimum absolute atomic E-state index is 0.0859. The number of likely N-dealkylation sites (tertiary alicyclic amines) is 1. The molecule has 0 saturated carbocycles. The zero-order valence-electron chi connectivity index (χ0n) is 29.4. The smallest absolute Gasteiger partial charge is 0.254 e. The lowest BCUT2D eigenvalue weighted by Gasteiger charge is -2.39. The first kappa shape index (κ1) is 35.0. The van der Waals surface area contributed by atoms with Gasteiger partial charge in [-0.15, -0.1) is 0 Å². The summed E-state index contributed by atoms with van der Waals surface area (Å²) in [6.07, 6.45) is 6.53. The fourth-order valence-corrected chi connectivity index (χ4v) is 6.71. The van der Waals surface area contributed by atoms with E-state index in [0.717, 1.165) is 61.2 Å². The van der Waals surface area contributed by atoms with Crippen molar-refractivity contribution in [2.75, 3.05) is 13.1 Å². The minimum atomic E-state index is 0.0859. The normalized spacial score (nSPS) is 13.5. The van der Waals surface area contributed by atoms with E-state index in [0.29, 0.717) is 31.3 Å². The van der Waals surface area contributed by atoms with E-state index in [1.807, 2.05) is 54.6 Å². The standard InChI is InChI=1S/C45H50N2O3/c1-2-3-7-14-36-21-24-41(25-22-36)45(48)47(42-27-29-46(30-28-42)32-37-15-8-4-9-16-37)33-40-23-26-43(49-34-38-17-10-5-11-18-38)44(31-40)50-35-39-19-12-6-13-20-39/h4-6,8-13,15-26,31,42H,2-3,7,14,27-30,32-35H2,1H3. The van der Waals surface area contributed by atoms with Gasteiger partial charge in [-0.3, -0.25) is 9.69 Å². The molecule has 50 heavy (non-hydrogen) atoms. The van der Waals surface area contributed by atoms with Crippen molar-refractivity contribution in [1.29, 1.82) is 0 Å². The Morgan fingerprint density at radius 3 is 1.80 bits per heavy atom. The van der Waals surface area contributed by atoms with Gasteiger partial charge < -0.3 is 14.4 Å². The first-order chi connectivity index (χ1) is 24.6. The molecule has 1 fully saturated rings. The third kappa shape index (κ3) is 10.1. The fraction of sp³-hybridized carbons (Fsp3) is 0.311. The number of benzene rings is 5. The zero-order valence-corrected chi connectivity index (χ0v) is 29.4. The Labute approximate surface area is 298 Å². The second kappa shape index (κ2) is 18.2. The summed E-state index contributed by atoms with van der Waals surface area (Å²) >= 11 is 0. The molecule has 0 N–H and O–H groups in total. The molecular weight excluding hydrogens is 617 g/mol. The largest absolute Gasteiger partial charge is 0.485 e. The van der Waals surface area contributed by atoms with E-state index < -0.39 is 0 Å². The number of hydrogen-bond acceptors (Lipinski definition) is 4. The molecule has 1 aliphatic heterocycles. The van der Waals surface area contributed by atoms with E-state index in [4.69, 9.17) is 9.47 Å². The van der Waals surface area contributed by atoms with Crippen molar-refractivity contribution in [1.82, 2.24) is 9.80 Å². The highest BCUT2D eigenvalue weighted by Gasteiger charge is 2.29. The molecular formula is C45H50N2O3. The summed E-state index contributed by atoms with van der Waals surface area (Å²) in [6, 6.07) is 45.6. The van der Waals surface area contributed by atoms with Crippen molar-refractivity contribution < 1.29 is 14.3 Å². The number of unbranched alkanes of at least 4 members (excludes halogenated alkanes) is 2. The van der Waals surface area contributed by atoms with Crippen LogP contribution in [0.2, 0.25) is 0 Å². The van der Waals surface area contributed by atoms with Crippen molar-refractivity contribution in [2.24, 2.45) is 0 Å². The van der Waals surface area contributed by atoms with Gasteiger partial charge in [0.15, 0.2) is 11.5 Å². The van der Waals surface area contributed by atoms with Gasteiger partial charge in [0, 0.05) is 37.8 Å². The number of carbonyl (C=O) groups excluding carboxylic acids is 1. The highest BCUT2D eigenvalue weighted by Crippen LogP contribution is 2.32. The molecule has 0 unspecified atom stereocenters. The number of rotatable bonds is 16. The van der Waals surface area contributed by atoms with E-state index in [1.165, 1.54) is 30.4 Å². The number of ether oxygens (including phenoxy) is 2. The summed E-state index contributed by atoms with van der Waals surface area (Å²) in [5.41, 5.74) is 6.58. The lowest BCUT2D eigenvalue weighted by Crippen LogP contribution is -2.46. The topological polar surface area (TPSA) is 42.0 Å². The molecule has 5 nitrogen and oxygen atoms in total. The van der Waals surface area contributed by atoms with Crippen LogP contribution >= 0.6 is 0 Å².